The first-order chi connectivity index (χ1) is 24.1. The lowest BCUT2D eigenvalue weighted by atomic mass is 9.93. The molecule has 3 atom stereocenters. The quantitative estimate of drug-likeness (QED) is 0.0979. The minimum absolute atomic E-state index is 0.257. The molecule has 0 amide bonds. The van der Waals surface area contributed by atoms with Gasteiger partial charge < -0.3 is 33.0 Å². The number of benzene rings is 4. The van der Waals surface area contributed by atoms with E-state index in [1.807, 2.05) is 86.6 Å². The van der Waals surface area contributed by atoms with Crippen LogP contribution in [-0.4, -0.2) is 53.2 Å². The molecule has 0 bridgehead atoms. The van der Waals surface area contributed by atoms with Crippen molar-refractivity contribution in [2.75, 3.05) is 21.3 Å². The minimum Gasteiger partial charge on any atom is -0.744 e. The summed E-state index contributed by atoms with van der Waals surface area (Å²) < 4.78 is 74.5. The zero-order valence-corrected chi connectivity index (χ0v) is 33.2. The molecule has 9 nitrogen and oxygen atoms in total. The third-order valence-electron chi connectivity index (χ3n) is 8.35. The Morgan fingerprint density at radius 2 is 0.731 bits per heavy atom. The van der Waals surface area contributed by atoms with E-state index in [1.165, 1.54) is 0 Å². The average Bonchev–Trinajstić information content (AvgIpc) is 3.06. The van der Waals surface area contributed by atoms with Gasteiger partial charge in [0.1, 0.15) is 27.4 Å². The molecular formula is C42H53O9S-. The van der Waals surface area contributed by atoms with E-state index in [0.717, 1.165) is 5.56 Å². The topological polar surface area (TPSA) is 113 Å². The van der Waals surface area contributed by atoms with Crippen LogP contribution in [0.25, 0.3) is 33.4 Å². The fraction of sp³-hybridized carbons (Fsp3) is 0.429. The summed E-state index contributed by atoms with van der Waals surface area (Å²) >= 11 is 0. The molecule has 282 valence electrons. The summed E-state index contributed by atoms with van der Waals surface area (Å²) in [6.07, 6.45) is -1.51. The van der Waals surface area contributed by atoms with Gasteiger partial charge in [-0.2, -0.15) is 0 Å². The van der Waals surface area contributed by atoms with Crippen molar-refractivity contribution in [3.63, 3.8) is 0 Å². The first kappa shape index (κ1) is 40.8. The van der Waals surface area contributed by atoms with Gasteiger partial charge in [0.25, 0.3) is 0 Å². The van der Waals surface area contributed by atoms with Crippen LogP contribution in [0, 0.1) is 16.2 Å². The van der Waals surface area contributed by atoms with Gasteiger partial charge in [-0.3, -0.25) is 0 Å². The predicted octanol–water partition coefficient (Wildman–Crippen LogP) is 9.78. The maximum atomic E-state index is 13.2. The van der Waals surface area contributed by atoms with Crippen molar-refractivity contribution in [2.45, 2.75) is 86.1 Å². The molecule has 0 saturated carbocycles. The van der Waals surface area contributed by atoms with Crippen molar-refractivity contribution in [2.24, 2.45) is 16.2 Å². The zero-order valence-electron chi connectivity index (χ0n) is 32.4. The Labute approximate surface area is 309 Å². The minimum atomic E-state index is -4.99. The molecule has 0 radical (unpaired) electrons. The van der Waals surface area contributed by atoms with E-state index in [0.29, 0.717) is 33.9 Å². The van der Waals surface area contributed by atoms with Crippen molar-refractivity contribution in [1.82, 2.24) is 0 Å². The highest BCUT2D eigenvalue weighted by molar-refractivity contribution is 7.86. The Morgan fingerprint density at radius 1 is 0.462 bits per heavy atom. The summed E-state index contributed by atoms with van der Waals surface area (Å²) in [7, 11) is -0.211. The first-order valence-electron chi connectivity index (χ1n) is 17.2. The number of ether oxygens (including phenoxy) is 6. The monoisotopic (exact) mass is 733 g/mol. The van der Waals surface area contributed by atoms with Crippen LogP contribution in [0.2, 0.25) is 0 Å². The van der Waals surface area contributed by atoms with E-state index >= 15 is 0 Å². The Morgan fingerprint density at radius 3 is 0.962 bits per heavy atom. The largest absolute Gasteiger partial charge is 0.744 e. The maximum absolute atomic E-state index is 13.2. The number of hydrogen-bond donors (Lipinski definition) is 0. The predicted molar refractivity (Wildman–Crippen MR) is 203 cm³/mol. The average molecular weight is 734 g/mol. The van der Waals surface area contributed by atoms with E-state index in [-0.39, 0.29) is 32.3 Å². The van der Waals surface area contributed by atoms with Crippen LogP contribution in [0.15, 0.2) is 89.8 Å². The molecule has 3 unspecified atom stereocenters. The molecule has 0 spiro atoms. The van der Waals surface area contributed by atoms with Crippen LogP contribution >= 0.6 is 0 Å². The van der Waals surface area contributed by atoms with Gasteiger partial charge >= 0.3 is 0 Å². The molecule has 0 heterocycles. The molecule has 4 aromatic carbocycles. The molecule has 52 heavy (non-hydrogen) atoms. The molecule has 0 aliphatic heterocycles. The van der Waals surface area contributed by atoms with Crippen molar-refractivity contribution < 1.29 is 41.4 Å². The summed E-state index contributed by atoms with van der Waals surface area (Å²) in [5.74, 6) is 1.69. The standard InChI is InChI=1S/C42H54O9S/c1-40(2,3)37(46-10)49-31-19-13-27(14-20-31)30-25-34(28-15-21-32(22-16-28)50-38(47-11)41(4,5)6)36(52(43,44)45)35(26-30)29-17-23-33(24-18-29)51-39(48-12)42(7,8)9/h13-26,37-39H,1-12H3,(H,43,44,45)/p-1. The Hall–Kier alpha value is -3.93. The van der Waals surface area contributed by atoms with Gasteiger partial charge in [0.2, 0.25) is 18.9 Å². The lowest BCUT2D eigenvalue weighted by Gasteiger charge is -2.29. The number of rotatable bonds is 13. The normalized spacial score (nSPS) is 14.4. The molecule has 0 saturated heterocycles. The van der Waals surface area contributed by atoms with Gasteiger partial charge in [0, 0.05) is 48.7 Å². The summed E-state index contributed by atoms with van der Waals surface area (Å²) in [4.78, 5) is -0.333. The van der Waals surface area contributed by atoms with Gasteiger partial charge in [0.05, 0.1) is 4.90 Å². The van der Waals surface area contributed by atoms with Gasteiger partial charge in [-0.15, -0.1) is 0 Å². The van der Waals surface area contributed by atoms with Gasteiger partial charge in [-0.1, -0.05) is 98.7 Å². The van der Waals surface area contributed by atoms with E-state index in [4.69, 9.17) is 28.4 Å². The molecule has 0 N–H and O–H groups in total. The molecular weight excluding hydrogens is 681 g/mol. The third-order valence-corrected chi connectivity index (χ3v) is 9.29. The Balaban J connectivity index is 1.87. The van der Waals surface area contributed by atoms with E-state index in [9.17, 15) is 13.0 Å². The Bertz CT molecular complexity index is 1790. The highest BCUT2D eigenvalue weighted by atomic mass is 32.2. The van der Waals surface area contributed by atoms with Gasteiger partial charge in [0.15, 0.2) is 0 Å². The second-order valence-electron chi connectivity index (χ2n) is 16.1. The summed E-state index contributed by atoms with van der Waals surface area (Å²) in [6.45, 7) is 18.1. The van der Waals surface area contributed by atoms with E-state index in [1.54, 1.807) is 82.0 Å². The molecule has 4 aromatic rings. The van der Waals surface area contributed by atoms with Gasteiger partial charge in [-0.25, -0.2) is 8.42 Å². The highest BCUT2D eigenvalue weighted by Crippen LogP contribution is 2.42. The van der Waals surface area contributed by atoms with Crippen molar-refractivity contribution in [1.29, 1.82) is 0 Å². The fourth-order valence-corrected chi connectivity index (χ4v) is 6.64. The second-order valence-corrected chi connectivity index (χ2v) is 17.4. The number of methoxy groups -OCH3 is 3. The van der Waals surface area contributed by atoms with Crippen molar-refractivity contribution in [3.8, 4) is 50.6 Å². The molecule has 0 fully saturated rings. The molecule has 0 aliphatic rings. The lowest BCUT2D eigenvalue weighted by molar-refractivity contribution is -0.120. The van der Waals surface area contributed by atoms with Gasteiger partial charge in [-0.05, 0) is 70.8 Å². The Kier molecular flexibility index (Phi) is 12.5. The van der Waals surface area contributed by atoms with Crippen LogP contribution in [0.1, 0.15) is 62.3 Å². The van der Waals surface area contributed by atoms with Crippen molar-refractivity contribution in [3.05, 3.63) is 84.9 Å². The molecule has 0 aliphatic carbocycles. The highest BCUT2D eigenvalue weighted by Gasteiger charge is 2.29. The van der Waals surface area contributed by atoms with Crippen LogP contribution in [0.5, 0.6) is 17.2 Å². The fourth-order valence-electron chi connectivity index (χ4n) is 5.75. The van der Waals surface area contributed by atoms with Crippen LogP contribution in [-0.2, 0) is 24.3 Å². The number of hydrogen-bond acceptors (Lipinski definition) is 9. The van der Waals surface area contributed by atoms with Crippen molar-refractivity contribution >= 4 is 10.1 Å². The molecule has 10 heteroatoms. The van der Waals surface area contributed by atoms with Crippen LogP contribution < -0.4 is 14.2 Å². The first-order valence-corrected chi connectivity index (χ1v) is 18.6. The maximum Gasteiger partial charge on any atom is 0.204 e. The summed E-state index contributed by atoms with van der Waals surface area (Å²) in [5, 5.41) is 0. The summed E-state index contributed by atoms with van der Waals surface area (Å²) in [6, 6.07) is 24.8. The molecule has 4 rings (SSSR count). The van der Waals surface area contributed by atoms with Crippen LogP contribution in [0.4, 0.5) is 0 Å². The second kappa shape index (κ2) is 16.0. The van der Waals surface area contributed by atoms with E-state index < -0.39 is 29.0 Å². The summed E-state index contributed by atoms with van der Waals surface area (Å²) in [5.41, 5.74) is 2.20. The lowest BCUT2D eigenvalue weighted by Crippen LogP contribution is -2.33. The third kappa shape index (κ3) is 10.1. The van der Waals surface area contributed by atoms with E-state index in [2.05, 4.69) is 0 Å². The molecule has 0 aromatic heterocycles. The smallest absolute Gasteiger partial charge is 0.204 e. The van der Waals surface area contributed by atoms with Crippen LogP contribution in [0.3, 0.4) is 0 Å². The SMILES string of the molecule is COC(Oc1ccc(-c2cc(-c3ccc(OC(OC)C(C)(C)C)cc3)c(S(=O)(=O)[O-])c(-c3ccc(OC(OC)C(C)(C)C)cc3)c2)cc1)C(C)(C)C. The zero-order chi connectivity index (χ0) is 38.6.